The zero-order chi connectivity index (χ0) is 20.8. The van der Waals surface area contributed by atoms with Crippen LogP contribution in [0.1, 0.15) is 18.1 Å². The van der Waals surface area contributed by atoms with Crippen LogP contribution in [-0.2, 0) is 11.3 Å². The van der Waals surface area contributed by atoms with Crippen molar-refractivity contribution in [2.24, 2.45) is 0 Å². The molecule has 3 rings (SSSR count). The van der Waals surface area contributed by atoms with Crippen molar-refractivity contribution >= 4 is 35.3 Å². The number of aromatic nitrogens is 3. The molecule has 2 aromatic carbocycles. The van der Waals surface area contributed by atoms with Crippen LogP contribution in [0.2, 0.25) is 5.02 Å². The van der Waals surface area contributed by atoms with Crippen LogP contribution in [0.5, 0.6) is 0 Å². The molecule has 1 atom stereocenters. The number of aryl methyl sites for hydroxylation is 1. The first kappa shape index (κ1) is 20.9. The lowest BCUT2D eigenvalue weighted by molar-refractivity contribution is -0.119. The van der Waals surface area contributed by atoms with E-state index in [1.165, 1.54) is 11.8 Å². The average molecular weight is 430 g/mol. The standard InChI is InChI=1S/C20H20ClN5O2S/c1-13-8-9-16(10-17(13)21)26-12-23-25-20(26)29-14(2)18(27)24-19(28)22-11-15-6-4-3-5-7-15/h3-10,12,14H,11H2,1-2H3,(H2,22,24,27,28). The Labute approximate surface area is 177 Å². The molecule has 1 aromatic heterocycles. The number of nitrogens with zero attached hydrogens (tertiary/aromatic N) is 3. The molecule has 0 spiro atoms. The highest BCUT2D eigenvalue weighted by Crippen LogP contribution is 2.26. The Kier molecular flexibility index (Phi) is 6.90. The zero-order valence-electron chi connectivity index (χ0n) is 15.9. The van der Waals surface area contributed by atoms with Gasteiger partial charge in [-0.2, -0.15) is 0 Å². The first-order chi connectivity index (χ1) is 13.9. The summed E-state index contributed by atoms with van der Waals surface area (Å²) in [5.41, 5.74) is 2.70. The molecule has 0 saturated heterocycles. The van der Waals surface area contributed by atoms with Crippen molar-refractivity contribution in [2.45, 2.75) is 30.8 Å². The lowest BCUT2D eigenvalue weighted by Crippen LogP contribution is -2.42. The van der Waals surface area contributed by atoms with E-state index in [1.54, 1.807) is 17.8 Å². The maximum atomic E-state index is 12.4. The molecule has 7 nitrogen and oxygen atoms in total. The summed E-state index contributed by atoms with van der Waals surface area (Å²) < 4.78 is 1.75. The fourth-order valence-corrected chi connectivity index (χ4v) is 3.48. The largest absolute Gasteiger partial charge is 0.334 e. The van der Waals surface area contributed by atoms with Gasteiger partial charge in [0.15, 0.2) is 5.16 Å². The van der Waals surface area contributed by atoms with Gasteiger partial charge in [0.1, 0.15) is 6.33 Å². The predicted octanol–water partition coefficient (Wildman–Crippen LogP) is 3.74. The first-order valence-corrected chi connectivity index (χ1v) is 10.2. The highest BCUT2D eigenvalue weighted by molar-refractivity contribution is 8.00. The molecule has 0 aliphatic heterocycles. The van der Waals surface area contributed by atoms with Crippen LogP contribution in [0.3, 0.4) is 0 Å². The Morgan fingerprint density at radius 2 is 1.97 bits per heavy atom. The number of benzene rings is 2. The highest BCUT2D eigenvalue weighted by atomic mass is 35.5. The number of nitrogens with one attached hydrogen (secondary N) is 2. The second-order valence-corrected chi connectivity index (χ2v) is 8.05. The van der Waals surface area contributed by atoms with Crippen molar-refractivity contribution in [3.8, 4) is 5.69 Å². The van der Waals surface area contributed by atoms with Gasteiger partial charge in [-0.1, -0.05) is 59.8 Å². The summed E-state index contributed by atoms with van der Waals surface area (Å²) in [6.45, 7) is 3.96. The smallest absolute Gasteiger partial charge is 0.321 e. The van der Waals surface area contributed by atoms with E-state index in [4.69, 9.17) is 11.6 Å². The Hall–Kier alpha value is -2.84. The number of amides is 3. The van der Waals surface area contributed by atoms with E-state index in [9.17, 15) is 9.59 Å². The zero-order valence-corrected chi connectivity index (χ0v) is 17.5. The maximum Gasteiger partial charge on any atom is 0.321 e. The third-order valence-electron chi connectivity index (χ3n) is 4.13. The summed E-state index contributed by atoms with van der Waals surface area (Å²) in [5.74, 6) is -0.419. The summed E-state index contributed by atoms with van der Waals surface area (Å²) in [6, 6.07) is 14.5. The SMILES string of the molecule is Cc1ccc(-n2cnnc2SC(C)C(=O)NC(=O)NCc2ccccc2)cc1Cl. The van der Waals surface area contributed by atoms with E-state index in [0.29, 0.717) is 16.7 Å². The normalized spacial score (nSPS) is 11.7. The lowest BCUT2D eigenvalue weighted by Gasteiger charge is -2.13. The van der Waals surface area contributed by atoms with Crippen LogP contribution in [0.4, 0.5) is 4.79 Å². The summed E-state index contributed by atoms with van der Waals surface area (Å²) in [7, 11) is 0. The molecule has 2 N–H and O–H groups in total. The summed E-state index contributed by atoms with van der Waals surface area (Å²) >= 11 is 7.40. The molecule has 0 saturated carbocycles. The van der Waals surface area contributed by atoms with Crippen molar-refractivity contribution in [1.82, 2.24) is 25.4 Å². The third kappa shape index (κ3) is 5.58. The van der Waals surface area contributed by atoms with Crippen molar-refractivity contribution < 1.29 is 9.59 Å². The van der Waals surface area contributed by atoms with E-state index in [0.717, 1.165) is 16.8 Å². The molecule has 3 amide bonds. The third-order valence-corrected chi connectivity index (χ3v) is 5.60. The molecule has 1 heterocycles. The van der Waals surface area contributed by atoms with E-state index < -0.39 is 17.2 Å². The molecule has 0 bridgehead atoms. The number of carbonyl (C=O) groups is 2. The van der Waals surface area contributed by atoms with Crippen LogP contribution in [0, 0.1) is 6.92 Å². The van der Waals surface area contributed by atoms with Crippen LogP contribution in [0.15, 0.2) is 60.0 Å². The summed E-state index contributed by atoms with van der Waals surface area (Å²) in [4.78, 5) is 24.4. The van der Waals surface area contributed by atoms with Gasteiger partial charge in [0.25, 0.3) is 0 Å². The Morgan fingerprint density at radius 1 is 1.21 bits per heavy atom. The quantitative estimate of drug-likeness (QED) is 0.583. The van der Waals surface area contributed by atoms with Crippen LogP contribution in [-0.4, -0.2) is 32.0 Å². The van der Waals surface area contributed by atoms with Crippen molar-refractivity contribution in [3.63, 3.8) is 0 Å². The molecule has 9 heteroatoms. The molecule has 1 unspecified atom stereocenters. The van der Waals surface area contributed by atoms with E-state index in [-0.39, 0.29) is 0 Å². The van der Waals surface area contributed by atoms with Crippen LogP contribution >= 0.6 is 23.4 Å². The maximum absolute atomic E-state index is 12.4. The minimum atomic E-state index is -0.554. The van der Waals surface area contributed by atoms with Gasteiger partial charge in [0.2, 0.25) is 5.91 Å². The van der Waals surface area contributed by atoms with Gasteiger partial charge >= 0.3 is 6.03 Å². The van der Waals surface area contributed by atoms with Crippen LogP contribution in [0.25, 0.3) is 5.69 Å². The van der Waals surface area contributed by atoms with Gasteiger partial charge in [-0.3, -0.25) is 14.7 Å². The highest BCUT2D eigenvalue weighted by Gasteiger charge is 2.20. The number of imide groups is 1. The molecule has 0 aliphatic rings. The Balaban J connectivity index is 1.58. The van der Waals surface area contributed by atoms with Gasteiger partial charge < -0.3 is 5.32 Å². The summed E-state index contributed by atoms with van der Waals surface area (Å²) in [5, 5.41) is 13.6. The molecule has 150 valence electrons. The van der Waals surface area contributed by atoms with Crippen molar-refractivity contribution in [2.75, 3.05) is 0 Å². The van der Waals surface area contributed by atoms with E-state index in [2.05, 4.69) is 20.8 Å². The first-order valence-electron chi connectivity index (χ1n) is 8.90. The molecule has 29 heavy (non-hydrogen) atoms. The average Bonchev–Trinajstić information content (AvgIpc) is 3.17. The van der Waals surface area contributed by atoms with E-state index >= 15 is 0 Å². The van der Waals surface area contributed by atoms with E-state index in [1.807, 2.05) is 55.5 Å². The van der Waals surface area contributed by atoms with Gasteiger partial charge in [0, 0.05) is 11.6 Å². The van der Waals surface area contributed by atoms with Gasteiger partial charge in [-0.15, -0.1) is 10.2 Å². The number of rotatable bonds is 6. The Morgan fingerprint density at radius 3 is 2.69 bits per heavy atom. The number of hydrogen-bond donors (Lipinski definition) is 2. The number of hydrogen-bond acceptors (Lipinski definition) is 5. The van der Waals surface area contributed by atoms with Gasteiger partial charge in [0.05, 0.1) is 10.9 Å². The second-order valence-electron chi connectivity index (χ2n) is 6.33. The topological polar surface area (TPSA) is 88.9 Å². The van der Waals surface area contributed by atoms with Gasteiger partial charge in [-0.05, 0) is 37.1 Å². The second kappa shape index (κ2) is 9.58. The lowest BCUT2D eigenvalue weighted by atomic mass is 10.2. The fourth-order valence-electron chi connectivity index (χ4n) is 2.46. The minimum absolute atomic E-state index is 0.337. The molecule has 3 aromatic rings. The van der Waals surface area contributed by atoms with Crippen LogP contribution < -0.4 is 10.6 Å². The monoisotopic (exact) mass is 429 g/mol. The predicted molar refractivity (Wildman–Crippen MR) is 113 cm³/mol. The van der Waals surface area contributed by atoms with Crippen molar-refractivity contribution in [1.29, 1.82) is 0 Å². The number of urea groups is 1. The molecule has 0 radical (unpaired) electrons. The number of carbonyl (C=O) groups excluding carboxylic acids is 2. The Bertz CT molecular complexity index is 1010. The molecule has 0 fully saturated rings. The number of thioether (sulfide) groups is 1. The fraction of sp³-hybridized carbons (Fsp3) is 0.200. The van der Waals surface area contributed by atoms with Gasteiger partial charge in [-0.25, -0.2) is 4.79 Å². The minimum Gasteiger partial charge on any atom is -0.334 e. The summed E-state index contributed by atoms with van der Waals surface area (Å²) in [6.07, 6.45) is 1.56. The molecular weight excluding hydrogens is 410 g/mol. The van der Waals surface area contributed by atoms with Crippen molar-refractivity contribution in [3.05, 3.63) is 71.0 Å². The molecule has 0 aliphatic carbocycles. The molecular formula is C20H20ClN5O2S. The number of halogens is 1.